The van der Waals surface area contributed by atoms with Crippen molar-refractivity contribution >= 4 is 23.5 Å². The largest absolute Gasteiger partial charge is 0.463 e. The zero-order chi connectivity index (χ0) is 16.2. The minimum Gasteiger partial charge on any atom is -0.463 e. The van der Waals surface area contributed by atoms with Crippen molar-refractivity contribution in [1.29, 1.82) is 0 Å². The number of thioether (sulfide) groups is 1. The highest BCUT2D eigenvalue weighted by Gasteiger charge is 2.27. The van der Waals surface area contributed by atoms with E-state index < -0.39 is 5.60 Å². The number of carbonyl (C=O) groups excluding carboxylic acids is 1. The molecule has 118 valence electrons. The van der Waals surface area contributed by atoms with Crippen LogP contribution in [0, 0.1) is 6.92 Å². The number of nitrogens with one attached hydrogen (secondary N) is 2. The topological polar surface area (TPSA) is 74.5 Å². The fourth-order valence-electron chi connectivity index (χ4n) is 1.91. The molecule has 0 saturated heterocycles. The summed E-state index contributed by atoms with van der Waals surface area (Å²) in [7, 11) is 0. The summed E-state index contributed by atoms with van der Waals surface area (Å²) in [5, 5.41) is 15.7. The zero-order valence-corrected chi connectivity index (χ0v) is 13.7. The third kappa shape index (κ3) is 4.29. The number of amides is 2. The highest BCUT2D eigenvalue weighted by Crippen LogP contribution is 2.22. The van der Waals surface area contributed by atoms with Crippen LogP contribution in [0.2, 0.25) is 0 Å². The summed E-state index contributed by atoms with van der Waals surface area (Å²) in [5.41, 5.74) is -0.558. The predicted molar refractivity (Wildman–Crippen MR) is 88.3 cm³/mol. The van der Waals surface area contributed by atoms with Gasteiger partial charge >= 0.3 is 6.03 Å². The minimum absolute atomic E-state index is 0.0503. The van der Waals surface area contributed by atoms with Crippen LogP contribution in [0.3, 0.4) is 0 Å². The van der Waals surface area contributed by atoms with Gasteiger partial charge in [0.15, 0.2) is 0 Å². The summed E-state index contributed by atoms with van der Waals surface area (Å²) in [6.45, 7) is 3.45. The first-order chi connectivity index (χ1) is 10.4. The van der Waals surface area contributed by atoms with Crippen molar-refractivity contribution in [2.75, 3.05) is 18.1 Å². The Labute approximate surface area is 134 Å². The van der Waals surface area contributed by atoms with E-state index in [4.69, 9.17) is 4.42 Å². The maximum Gasteiger partial charge on any atom is 0.319 e. The number of anilines is 1. The number of benzene rings is 1. The van der Waals surface area contributed by atoms with Crippen LogP contribution in [-0.4, -0.2) is 23.9 Å². The second-order valence-electron chi connectivity index (χ2n) is 5.22. The number of hydrogen-bond donors (Lipinski definition) is 3. The Balaban J connectivity index is 1.89. The van der Waals surface area contributed by atoms with Gasteiger partial charge in [-0.05, 0) is 56.5 Å². The van der Waals surface area contributed by atoms with Gasteiger partial charge in [0.05, 0.1) is 6.54 Å². The first-order valence-corrected chi connectivity index (χ1v) is 8.11. The zero-order valence-electron chi connectivity index (χ0n) is 12.8. The van der Waals surface area contributed by atoms with Gasteiger partial charge in [-0.15, -0.1) is 11.8 Å². The maximum absolute atomic E-state index is 11.9. The van der Waals surface area contributed by atoms with Crippen molar-refractivity contribution in [3.05, 3.63) is 47.9 Å². The first-order valence-electron chi connectivity index (χ1n) is 6.89. The lowest BCUT2D eigenvalue weighted by Crippen LogP contribution is -2.40. The number of aliphatic hydroxyl groups is 1. The third-order valence-electron chi connectivity index (χ3n) is 3.21. The number of aryl methyl sites for hydroxylation is 1. The molecule has 2 aromatic rings. The van der Waals surface area contributed by atoms with Gasteiger partial charge < -0.3 is 20.2 Å². The van der Waals surface area contributed by atoms with Crippen LogP contribution in [0.1, 0.15) is 18.4 Å². The molecule has 0 saturated carbocycles. The first kappa shape index (κ1) is 16.5. The summed E-state index contributed by atoms with van der Waals surface area (Å²) < 4.78 is 5.40. The van der Waals surface area contributed by atoms with Crippen molar-refractivity contribution in [2.24, 2.45) is 0 Å². The van der Waals surface area contributed by atoms with E-state index in [1.165, 1.54) is 0 Å². The standard InChI is InChI=1S/C16H20N2O3S/c1-11-4-9-14(21-11)16(2,20)10-17-15(19)18-12-5-7-13(22-3)8-6-12/h4-9,20H,10H2,1-3H3,(H2,17,18,19). The van der Waals surface area contributed by atoms with Gasteiger partial charge in [0.25, 0.3) is 0 Å². The second kappa shape index (κ2) is 6.89. The predicted octanol–water partition coefficient (Wildman–Crippen LogP) is 3.34. The lowest BCUT2D eigenvalue weighted by molar-refractivity contribution is 0.0364. The Bertz CT molecular complexity index is 635. The molecule has 0 spiro atoms. The molecule has 22 heavy (non-hydrogen) atoms. The lowest BCUT2D eigenvalue weighted by Gasteiger charge is -2.21. The quantitative estimate of drug-likeness (QED) is 0.739. The Morgan fingerprint density at radius 3 is 2.50 bits per heavy atom. The van der Waals surface area contributed by atoms with Crippen molar-refractivity contribution in [2.45, 2.75) is 24.3 Å². The molecule has 3 N–H and O–H groups in total. The van der Waals surface area contributed by atoms with Gasteiger partial charge in [-0.1, -0.05) is 0 Å². The molecular formula is C16H20N2O3S. The molecule has 0 aliphatic heterocycles. The van der Waals surface area contributed by atoms with E-state index >= 15 is 0 Å². The Morgan fingerprint density at radius 2 is 1.95 bits per heavy atom. The molecule has 0 aliphatic carbocycles. The molecule has 0 radical (unpaired) electrons. The molecule has 0 aliphatic rings. The molecule has 2 rings (SSSR count). The van der Waals surface area contributed by atoms with Crippen LogP contribution in [0.25, 0.3) is 0 Å². The van der Waals surface area contributed by atoms with E-state index in [0.717, 1.165) is 4.90 Å². The summed E-state index contributed by atoms with van der Waals surface area (Å²) in [6, 6.07) is 10.6. The van der Waals surface area contributed by atoms with Crippen molar-refractivity contribution < 1.29 is 14.3 Å². The van der Waals surface area contributed by atoms with Crippen LogP contribution < -0.4 is 10.6 Å². The van der Waals surface area contributed by atoms with E-state index in [2.05, 4.69) is 10.6 Å². The van der Waals surface area contributed by atoms with Crippen molar-refractivity contribution in [3.8, 4) is 0 Å². The van der Waals surface area contributed by atoms with Gasteiger partial charge in [0.1, 0.15) is 17.1 Å². The van der Waals surface area contributed by atoms with E-state index in [9.17, 15) is 9.90 Å². The van der Waals surface area contributed by atoms with Crippen molar-refractivity contribution in [3.63, 3.8) is 0 Å². The SMILES string of the molecule is CSc1ccc(NC(=O)NCC(C)(O)c2ccc(C)o2)cc1. The number of carbonyl (C=O) groups is 1. The Morgan fingerprint density at radius 1 is 1.27 bits per heavy atom. The Kier molecular flexibility index (Phi) is 5.15. The van der Waals surface area contributed by atoms with Crippen LogP contribution in [0.15, 0.2) is 45.7 Å². The van der Waals surface area contributed by atoms with E-state index in [1.54, 1.807) is 37.7 Å². The molecule has 1 atom stereocenters. The van der Waals surface area contributed by atoms with E-state index in [1.807, 2.05) is 30.5 Å². The highest BCUT2D eigenvalue weighted by molar-refractivity contribution is 7.98. The molecule has 1 unspecified atom stereocenters. The maximum atomic E-state index is 11.9. The fourth-order valence-corrected chi connectivity index (χ4v) is 2.32. The van der Waals surface area contributed by atoms with Gasteiger partial charge in [-0.2, -0.15) is 0 Å². The Hall–Kier alpha value is -1.92. The van der Waals surface area contributed by atoms with Gasteiger partial charge in [0.2, 0.25) is 0 Å². The second-order valence-corrected chi connectivity index (χ2v) is 6.10. The molecule has 1 aromatic carbocycles. The molecule has 2 amide bonds. The average Bonchev–Trinajstić information content (AvgIpc) is 2.94. The van der Waals surface area contributed by atoms with Crippen LogP contribution in [0.5, 0.6) is 0 Å². The van der Waals surface area contributed by atoms with Gasteiger partial charge in [0, 0.05) is 10.6 Å². The van der Waals surface area contributed by atoms with E-state index in [-0.39, 0.29) is 12.6 Å². The van der Waals surface area contributed by atoms with Crippen LogP contribution in [0.4, 0.5) is 10.5 Å². The molecule has 1 heterocycles. The molecule has 5 nitrogen and oxygen atoms in total. The third-order valence-corrected chi connectivity index (χ3v) is 3.96. The monoisotopic (exact) mass is 320 g/mol. The van der Waals surface area contributed by atoms with E-state index in [0.29, 0.717) is 17.2 Å². The normalized spacial score (nSPS) is 13.5. The molecular weight excluding hydrogens is 300 g/mol. The van der Waals surface area contributed by atoms with Crippen LogP contribution >= 0.6 is 11.8 Å². The van der Waals surface area contributed by atoms with Crippen LogP contribution in [-0.2, 0) is 5.60 Å². The number of furan rings is 1. The summed E-state index contributed by atoms with van der Waals surface area (Å²) in [4.78, 5) is 13.0. The van der Waals surface area contributed by atoms with Gasteiger partial charge in [-0.3, -0.25) is 0 Å². The number of urea groups is 1. The molecule has 1 aromatic heterocycles. The number of hydrogen-bond acceptors (Lipinski definition) is 4. The summed E-state index contributed by atoms with van der Waals surface area (Å²) >= 11 is 1.64. The fraction of sp³-hybridized carbons (Fsp3) is 0.312. The highest BCUT2D eigenvalue weighted by atomic mass is 32.2. The summed E-state index contributed by atoms with van der Waals surface area (Å²) in [5.74, 6) is 1.14. The smallest absolute Gasteiger partial charge is 0.319 e. The van der Waals surface area contributed by atoms with Crippen molar-refractivity contribution in [1.82, 2.24) is 5.32 Å². The molecule has 0 fully saturated rings. The molecule has 6 heteroatoms. The lowest BCUT2D eigenvalue weighted by atomic mass is 10.0. The minimum atomic E-state index is -1.26. The summed E-state index contributed by atoms with van der Waals surface area (Å²) in [6.07, 6.45) is 1.99. The van der Waals surface area contributed by atoms with Gasteiger partial charge in [-0.25, -0.2) is 4.79 Å². The average molecular weight is 320 g/mol. The molecule has 0 bridgehead atoms. The number of rotatable bonds is 5.